The Morgan fingerprint density at radius 3 is 2.71 bits per heavy atom. The first-order valence-corrected chi connectivity index (χ1v) is 7.13. The van der Waals surface area contributed by atoms with E-state index >= 15 is 0 Å². The van der Waals surface area contributed by atoms with Gasteiger partial charge in [-0.1, -0.05) is 29.9 Å². The zero-order valence-corrected chi connectivity index (χ0v) is 11.9. The van der Waals surface area contributed by atoms with E-state index in [0.29, 0.717) is 5.92 Å². The maximum Gasteiger partial charge on any atom is 0.0931 e. The van der Waals surface area contributed by atoms with Crippen LogP contribution in [0.1, 0.15) is 41.3 Å². The molecule has 0 spiro atoms. The summed E-state index contributed by atoms with van der Waals surface area (Å²) in [5, 5.41) is 4.16. The van der Waals surface area contributed by atoms with Crippen LogP contribution in [0.3, 0.4) is 0 Å². The maximum atomic E-state index is 5.95. The summed E-state index contributed by atoms with van der Waals surface area (Å²) >= 11 is 8.84. The van der Waals surface area contributed by atoms with E-state index in [0.717, 1.165) is 19.8 Å². The Morgan fingerprint density at radius 2 is 2.18 bits per heavy atom. The van der Waals surface area contributed by atoms with Crippen LogP contribution >= 0.6 is 34.5 Å². The third-order valence-corrected chi connectivity index (χ3v) is 4.50. The van der Waals surface area contributed by atoms with Crippen LogP contribution in [0.4, 0.5) is 0 Å². The fraction of sp³-hybridized carbons (Fsp3) is 0.400. The molecule has 92 valence electrons. The van der Waals surface area contributed by atoms with Gasteiger partial charge in [0.25, 0.3) is 0 Å². The van der Waals surface area contributed by atoms with Gasteiger partial charge >= 0.3 is 0 Å². The van der Waals surface area contributed by atoms with E-state index in [4.69, 9.17) is 17.4 Å². The lowest BCUT2D eigenvalue weighted by molar-refractivity contribution is 0.640. The van der Waals surface area contributed by atoms with Crippen LogP contribution < -0.4 is 11.3 Å². The number of thiophene rings is 1. The van der Waals surface area contributed by atoms with Crippen molar-refractivity contribution in [3.8, 4) is 0 Å². The Hall–Kier alpha value is -0.530. The first-order valence-electron chi connectivity index (χ1n) is 5.17. The van der Waals surface area contributed by atoms with Gasteiger partial charge < -0.3 is 0 Å². The lowest BCUT2D eigenvalue weighted by atomic mass is 10.1. The number of aromatic nitrogens is 2. The molecule has 2 aromatic heterocycles. The average Bonchev–Trinajstić information content (AvgIpc) is 2.89. The lowest BCUT2D eigenvalue weighted by Crippen LogP contribution is -2.28. The molecule has 3 N–H and O–H groups in total. The van der Waals surface area contributed by atoms with E-state index in [2.05, 4.69) is 28.9 Å². The number of hydrogen-bond donors (Lipinski definition) is 2. The predicted octanol–water partition coefficient (Wildman–Crippen LogP) is 2.93. The number of rotatable bonds is 4. The molecule has 4 nitrogen and oxygen atoms in total. The van der Waals surface area contributed by atoms with E-state index in [9.17, 15) is 0 Å². The number of nitrogens with two attached hydrogens (primary N) is 1. The molecule has 17 heavy (non-hydrogen) atoms. The van der Waals surface area contributed by atoms with Gasteiger partial charge in [0.05, 0.1) is 20.9 Å². The molecule has 0 aliphatic rings. The molecule has 2 rings (SSSR count). The van der Waals surface area contributed by atoms with Gasteiger partial charge in [-0.2, -0.15) is 0 Å². The summed E-state index contributed by atoms with van der Waals surface area (Å²) in [6.07, 6.45) is 0. The molecule has 1 atom stereocenters. The molecule has 0 amide bonds. The van der Waals surface area contributed by atoms with E-state index in [1.54, 1.807) is 0 Å². The molecule has 0 aromatic carbocycles. The molecule has 0 fully saturated rings. The van der Waals surface area contributed by atoms with Gasteiger partial charge in [0.2, 0.25) is 0 Å². The average molecular weight is 289 g/mol. The van der Waals surface area contributed by atoms with Crippen molar-refractivity contribution in [1.82, 2.24) is 15.0 Å². The summed E-state index contributed by atoms with van der Waals surface area (Å²) in [5.41, 5.74) is 3.80. The van der Waals surface area contributed by atoms with Crippen LogP contribution in [0.25, 0.3) is 0 Å². The second-order valence-corrected chi connectivity index (χ2v) is 6.45. The standard InChI is InChI=1S/C10H13ClN4S2/c1-5(2)8-10(17-15-14-8)9(13-12)6-3-4-7(11)16-6/h3-5,9,13H,12H2,1-2H3. The van der Waals surface area contributed by atoms with Crippen LogP contribution in [-0.2, 0) is 0 Å². The topological polar surface area (TPSA) is 63.8 Å². The Balaban J connectivity index is 2.38. The number of hydrazine groups is 1. The lowest BCUT2D eigenvalue weighted by Gasteiger charge is -2.14. The minimum Gasteiger partial charge on any atom is -0.271 e. The second kappa shape index (κ2) is 5.41. The zero-order valence-electron chi connectivity index (χ0n) is 9.48. The van der Waals surface area contributed by atoms with E-state index < -0.39 is 0 Å². The molecule has 0 aliphatic carbocycles. The van der Waals surface area contributed by atoms with Crippen LogP contribution in [0.2, 0.25) is 4.34 Å². The predicted molar refractivity (Wildman–Crippen MR) is 72.5 cm³/mol. The van der Waals surface area contributed by atoms with E-state index in [-0.39, 0.29) is 6.04 Å². The highest BCUT2D eigenvalue weighted by molar-refractivity contribution is 7.16. The summed E-state index contributed by atoms with van der Waals surface area (Å²) in [6, 6.07) is 3.77. The van der Waals surface area contributed by atoms with Gasteiger partial charge in [0, 0.05) is 4.88 Å². The third-order valence-electron chi connectivity index (χ3n) is 2.39. The highest BCUT2D eigenvalue weighted by Crippen LogP contribution is 2.34. The second-order valence-electron chi connectivity index (χ2n) is 3.92. The van der Waals surface area contributed by atoms with E-state index in [1.165, 1.54) is 22.9 Å². The van der Waals surface area contributed by atoms with E-state index in [1.807, 2.05) is 12.1 Å². The molecule has 0 aliphatic heterocycles. The van der Waals surface area contributed by atoms with Crippen molar-refractivity contribution in [2.24, 2.45) is 5.84 Å². The minimum atomic E-state index is -0.0788. The quantitative estimate of drug-likeness (QED) is 0.671. The van der Waals surface area contributed by atoms with Crippen molar-refractivity contribution in [2.75, 3.05) is 0 Å². The Bertz CT molecular complexity index is 494. The monoisotopic (exact) mass is 288 g/mol. The van der Waals surface area contributed by atoms with Crippen LogP contribution in [0.15, 0.2) is 12.1 Å². The number of hydrogen-bond acceptors (Lipinski definition) is 6. The van der Waals surface area contributed by atoms with Crippen LogP contribution in [0, 0.1) is 0 Å². The SMILES string of the molecule is CC(C)c1nnsc1C(NN)c1ccc(Cl)s1. The van der Waals surface area contributed by atoms with Gasteiger partial charge in [0.1, 0.15) is 0 Å². The molecule has 2 heterocycles. The highest BCUT2D eigenvalue weighted by Gasteiger charge is 2.22. The first-order chi connectivity index (χ1) is 8.13. The highest BCUT2D eigenvalue weighted by atomic mass is 35.5. The first kappa shape index (κ1) is 12.9. The third kappa shape index (κ3) is 2.66. The van der Waals surface area contributed by atoms with Crippen molar-refractivity contribution in [3.63, 3.8) is 0 Å². The molecule has 0 saturated carbocycles. The molecule has 2 aromatic rings. The van der Waals surface area contributed by atoms with Crippen molar-refractivity contribution in [1.29, 1.82) is 0 Å². The summed E-state index contributed by atoms with van der Waals surface area (Å²) in [7, 11) is 0. The molecular formula is C10H13ClN4S2. The minimum absolute atomic E-state index is 0.0788. The number of halogens is 1. The Morgan fingerprint density at radius 1 is 1.41 bits per heavy atom. The van der Waals surface area contributed by atoms with Crippen molar-refractivity contribution < 1.29 is 0 Å². The molecule has 0 bridgehead atoms. The fourth-order valence-corrected chi connectivity index (χ4v) is 3.67. The van der Waals surface area contributed by atoms with Crippen molar-refractivity contribution >= 4 is 34.5 Å². The fourth-order valence-electron chi connectivity index (χ4n) is 1.58. The normalized spacial score (nSPS) is 13.2. The molecule has 0 radical (unpaired) electrons. The summed E-state index contributed by atoms with van der Waals surface area (Å²) in [6.45, 7) is 4.18. The summed E-state index contributed by atoms with van der Waals surface area (Å²) in [5.74, 6) is 5.97. The van der Waals surface area contributed by atoms with Gasteiger partial charge in [0.15, 0.2) is 0 Å². The number of nitrogens with one attached hydrogen (secondary N) is 1. The van der Waals surface area contributed by atoms with Gasteiger partial charge in [-0.15, -0.1) is 16.4 Å². The van der Waals surface area contributed by atoms with Crippen molar-refractivity contribution in [2.45, 2.75) is 25.8 Å². The van der Waals surface area contributed by atoms with Crippen LogP contribution in [0.5, 0.6) is 0 Å². The Kier molecular flexibility index (Phi) is 4.11. The zero-order chi connectivity index (χ0) is 12.4. The Labute approximate surface area is 113 Å². The van der Waals surface area contributed by atoms with Crippen molar-refractivity contribution in [3.05, 3.63) is 31.9 Å². The molecular weight excluding hydrogens is 276 g/mol. The molecule has 1 unspecified atom stereocenters. The van der Waals surface area contributed by atoms with Gasteiger partial charge in [-0.3, -0.25) is 5.84 Å². The largest absolute Gasteiger partial charge is 0.271 e. The molecule has 0 saturated heterocycles. The van der Waals surface area contributed by atoms with Gasteiger partial charge in [-0.25, -0.2) is 5.43 Å². The summed E-state index contributed by atoms with van der Waals surface area (Å²) < 4.78 is 4.77. The smallest absolute Gasteiger partial charge is 0.0931 e. The summed E-state index contributed by atoms with van der Waals surface area (Å²) in [4.78, 5) is 2.13. The maximum absolute atomic E-state index is 5.95. The van der Waals surface area contributed by atoms with Crippen LogP contribution in [-0.4, -0.2) is 9.59 Å². The van der Waals surface area contributed by atoms with Gasteiger partial charge in [-0.05, 0) is 29.6 Å². The molecule has 7 heteroatoms. The number of nitrogens with zero attached hydrogens (tertiary/aromatic N) is 2.